The molecular weight excluding hydrogens is 458 g/mol. The van der Waals surface area contributed by atoms with Crippen molar-refractivity contribution in [1.29, 1.82) is 0 Å². The van der Waals surface area contributed by atoms with Gasteiger partial charge in [-0.3, -0.25) is 0 Å². The number of aryl methyl sites for hydroxylation is 1. The molecule has 2 aliphatic heterocycles. The highest BCUT2D eigenvalue weighted by Crippen LogP contribution is 2.29. The minimum absolute atomic E-state index is 0.0367. The van der Waals surface area contributed by atoms with Crippen LogP contribution in [0.15, 0.2) is 47.4 Å². The number of rotatable bonds is 5. The van der Waals surface area contributed by atoms with Gasteiger partial charge in [0, 0.05) is 25.0 Å². The second-order valence-corrected chi connectivity index (χ2v) is 10.9. The Morgan fingerprint density at radius 2 is 2.00 bits per heavy atom. The van der Waals surface area contributed by atoms with Crippen LogP contribution in [0.5, 0.6) is 0 Å². The SMILES string of the molecule is Cc1ccc2nc(N3CCS(=O)(=O)c4ccccc4C3)nc(NCC3(NC(=O)O)COC3)c2c1. The highest BCUT2D eigenvalue weighted by atomic mass is 32.2. The lowest BCUT2D eigenvalue weighted by Crippen LogP contribution is -2.65. The van der Waals surface area contributed by atoms with Gasteiger partial charge in [-0.2, -0.15) is 4.98 Å². The van der Waals surface area contributed by atoms with Crippen molar-refractivity contribution in [1.82, 2.24) is 15.3 Å². The summed E-state index contributed by atoms with van der Waals surface area (Å²) in [5.41, 5.74) is 1.72. The van der Waals surface area contributed by atoms with Crippen molar-refractivity contribution in [3.8, 4) is 0 Å². The van der Waals surface area contributed by atoms with Crippen LogP contribution < -0.4 is 15.5 Å². The summed E-state index contributed by atoms with van der Waals surface area (Å²) in [7, 11) is -3.41. The van der Waals surface area contributed by atoms with Crippen LogP contribution in [-0.2, 0) is 21.1 Å². The number of ether oxygens (including phenoxy) is 1. The first kappa shape index (κ1) is 22.4. The van der Waals surface area contributed by atoms with Gasteiger partial charge >= 0.3 is 6.09 Å². The van der Waals surface area contributed by atoms with E-state index in [4.69, 9.17) is 14.7 Å². The third-order valence-electron chi connectivity index (χ3n) is 6.14. The van der Waals surface area contributed by atoms with Gasteiger partial charge in [-0.05, 0) is 30.7 Å². The predicted octanol–water partition coefficient (Wildman–Crippen LogP) is 2.18. The third-order valence-corrected chi connectivity index (χ3v) is 7.93. The minimum atomic E-state index is -3.41. The summed E-state index contributed by atoms with van der Waals surface area (Å²) in [6.07, 6.45) is -1.11. The van der Waals surface area contributed by atoms with Gasteiger partial charge in [0.15, 0.2) is 9.84 Å². The lowest BCUT2D eigenvalue weighted by atomic mass is 9.97. The van der Waals surface area contributed by atoms with Crippen molar-refractivity contribution < 1.29 is 23.1 Å². The lowest BCUT2D eigenvalue weighted by molar-refractivity contribution is -0.0630. The molecule has 2 aromatic carbocycles. The molecule has 0 spiro atoms. The molecule has 2 aliphatic rings. The summed E-state index contributed by atoms with van der Waals surface area (Å²) in [5, 5.41) is 15.8. The van der Waals surface area contributed by atoms with Crippen molar-refractivity contribution in [2.75, 3.05) is 42.3 Å². The topological polar surface area (TPSA) is 134 Å². The van der Waals surface area contributed by atoms with Crippen molar-refractivity contribution in [2.24, 2.45) is 0 Å². The van der Waals surface area contributed by atoms with E-state index in [1.54, 1.807) is 12.1 Å². The van der Waals surface area contributed by atoms with Gasteiger partial charge in [-0.15, -0.1) is 0 Å². The molecule has 0 unspecified atom stereocenters. The van der Waals surface area contributed by atoms with Crippen LogP contribution in [0.3, 0.4) is 0 Å². The summed E-state index contributed by atoms with van der Waals surface area (Å²) < 4.78 is 30.8. The molecule has 3 N–H and O–H groups in total. The highest BCUT2D eigenvalue weighted by Gasteiger charge is 2.40. The van der Waals surface area contributed by atoms with Gasteiger partial charge in [0.1, 0.15) is 11.4 Å². The predicted molar refractivity (Wildman–Crippen MR) is 127 cm³/mol. The van der Waals surface area contributed by atoms with Crippen LogP contribution in [0.4, 0.5) is 16.6 Å². The van der Waals surface area contributed by atoms with Crippen LogP contribution in [0.25, 0.3) is 10.9 Å². The molecule has 10 nitrogen and oxygen atoms in total. The molecule has 178 valence electrons. The normalized spacial score (nSPS) is 18.4. The van der Waals surface area contributed by atoms with Gasteiger partial charge in [-0.1, -0.05) is 29.8 Å². The van der Waals surface area contributed by atoms with E-state index in [1.807, 2.05) is 42.2 Å². The number of anilines is 2. The fourth-order valence-corrected chi connectivity index (χ4v) is 5.79. The molecule has 0 bridgehead atoms. The van der Waals surface area contributed by atoms with Gasteiger partial charge in [0.25, 0.3) is 0 Å². The molecule has 0 saturated carbocycles. The van der Waals surface area contributed by atoms with E-state index in [0.717, 1.165) is 10.9 Å². The Labute approximate surface area is 196 Å². The monoisotopic (exact) mass is 483 g/mol. The van der Waals surface area contributed by atoms with E-state index in [1.165, 1.54) is 0 Å². The van der Waals surface area contributed by atoms with Gasteiger partial charge in [-0.25, -0.2) is 18.2 Å². The van der Waals surface area contributed by atoms with Crippen LogP contribution in [0.2, 0.25) is 0 Å². The molecule has 1 fully saturated rings. The first-order chi connectivity index (χ1) is 16.2. The van der Waals surface area contributed by atoms with E-state index in [9.17, 15) is 18.3 Å². The van der Waals surface area contributed by atoms with E-state index < -0.39 is 21.5 Å². The van der Waals surface area contributed by atoms with E-state index in [2.05, 4.69) is 10.6 Å². The Kier molecular flexibility index (Phi) is 5.53. The number of hydrogen-bond donors (Lipinski definition) is 3. The Morgan fingerprint density at radius 1 is 1.21 bits per heavy atom. The molecule has 1 saturated heterocycles. The Bertz CT molecular complexity index is 1370. The number of nitrogens with zero attached hydrogens (tertiary/aromatic N) is 3. The molecule has 11 heteroatoms. The summed E-state index contributed by atoms with van der Waals surface area (Å²) in [4.78, 5) is 23.0. The van der Waals surface area contributed by atoms with E-state index in [0.29, 0.717) is 34.3 Å². The van der Waals surface area contributed by atoms with Crippen molar-refractivity contribution in [3.63, 3.8) is 0 Å². The fraction of sp³-hybridized carbons (Fsp3) is 0.348. The quantitative estimate of drug-likeness (QED) is 0.499. The molecule has 3 aromatic rings. The van der Waals surface area contributed by atoms with Crippen LogP contribution in [0.1, 0.15) is 11.1 Å². The Morgan fingerprint density at radius 3 is 2.74 bits per heavy atom. The minimum Gasteiger partial charge on any atom is -0.465 e. The second-order valence-electron chi connectivity index (χ2n) is 8.80. The standard InChI is InChI=1S/C23H25N5O5S/c1-15-6-7-18-17(10-15)20(24-12-23(13-33-14-23)27-22(29)30)26-21(25-18)28-8-9-34(31,32)19-5-3-2-4-16(19)11-28/h2-7,10,27H,8-9,11-14H2,1H3,(H,29,30)(H,24,25,26). The summed E-state index contributed by atoms with van der Waals surface area (Å²) in [5.74, 6) is 0.934. The Balaban J connectivity index is 1.51. The first-order valence-electron chi connectivity index (χ1n) is 10.9. The number of carbonyl (C=O) groups is 1. The first-order valence-corrected chi connectivity index (χ1v) is 12.6. The van der Waals surface area contributed by atoms with Crippen molar-refractivity contribution in [3.05, 3.63) is 53.6 Å². The molecule has 1 amide bonds. The molecule has 0 atom stereocenters. The molecule has 1 aromatic heterocycles. The van der Waals surface area contributed by atoms with E-state index >= 15 is 0 Å². The zero-order chi connectivity index (χ0) is 23.9. The van der Waals surface area contributed by atoms with Crippen LogP contribution in [-0.4, -0.2) is 67.2 Å². The summed E-state index contributed by atoms with van der Waals surface area (Å²) in [6, 6.07) is 12.8. The summed E-state index contributed by atoms with van der Waals surface area (Å²) in [6.45, 7) is 3.41. The molecule has 34 heavy (non-hydrogen) atoms. The third kappa shape index (κ3) is 4.24. The lowest BCUT2D eigenvalue weighted by Gasteiger charge is -2.41. The largest absolute Gasteiger partial charge is 0.465 e. The number of amides is 1. The fourth-order valence-electron chi connectivity index (χ4n) is 4.29. The Hall–Kier alpha value is -3.44. The van der Waals surface area contributed by atoms with E-state index in [-0.39, 0.29) is 32.1 Å². The van der Waals surface area contributed by atoms with Crippen molar-refractivity contribution in [2.45, 2.75) is 23.9 Å². The van der Waals surface area contributed by atoms with Crippen molar-refractivity contribution >= 4 is 38.6 Å². The maximum absolute atomic E-state index is 12.8. The number of aromatic nitrogens is 2. The number of sulfone groups is 1. The number of carboxylic acid groups (broad SMARTS) is 1. The molecular formula is C23H25N5O5S. The maximum atomic E-state index is 12.8. The van der Waals surface area contributed by atoms with Crippen LogP contribution in [0, 0.1) is 6.92 Å². The number of nitrogens with one attached hydrogen (secondary N) is 2. The molecule has 5 rings (SSSR count). The number of benzene rings is 2. The van der Waals surface area contributed by atoms with Gasteiger partial charge < -0.3 is 25.4 Å². The average Bonchev–Trinajstić information content (AvgIpc) is 2.91. The summed E-state index contributed by atoms with van der Waals surface area (Å²) >= 11 is 0. The van der Waals surface area contributed by atoms with Gasteiger partial charge in [0.2, 0.25) is 5.95 Å². The zero-order valence-corrected chi connectivity index (χ0v) is 19.4. The number of hydrogen-bond acceptors (Lipinski definition) is 8. The van der Waals surface area contributed by atoms with Crippen LogP contribution >= 0.6 is 0 Å². The molecule has 0 radical (unpaired) electrons. The zero-order valence-electron chi connectivity index (χ0n) is 18.6. The average molecular weight is 484 g/mol. The smallest absolute Gasteiger partial charge is 0.405 e. The molecule has 3 heterocycles. The van der Waals surface area contributed by atoms with Gasteiger partial charge in [0.05, 0.1) is 29.4 Å². The number of fused-ring (bicyclic) bond motifs is 2. The maximum Gasteiger partial charge on any atom is 0.405 e. The molecule has 0 aliphatic carbocycles. The highest BCUT2D eigenvalue weighted by molar-refractivity contribution is 7.91. The second kappa shape index (κ2) is 8.41.